The van der Waals surface area contributed by atoms with Gasteiger partial charge < -0.3 is 4.74 Å². The first kappa shape index (κ1) is 14.7. The number of nitrogens with zero attached hydrogens (tertiary/aromatic N) is 1. The van der Waals surface area contributed by atoms with Crippen LogP contribution in [0.4, 0.5) is 4.39 Å². The van der Waals surface area contributed by atoms with E-state index in [0.29, 0.717) is 30.9 Å². The van der Waals surface area contributed by atoms with E-state index in [1.54, 1.807) is 0 Å². The second kappa shape index (κ2) is 5.50. The molecule has 0 aliphatic carbocycles. The number of benzene rings is 1. The topological polar surface area (TPSA) is 29.5 Å². The van der Waals surface area contributed by atoms with Crippen molar-refractivity contribution in [3.63, 3.8) is 0 Å². The first-order valence-electron chi connectivity index (χ1n) is 7.58. The molecule has 2 bridgehead atoms. The standard InChI is InChI=1S/C17H22FNO2/c1-10-4-13(18)5-11(2)16(10)17(20)12-6-14-8-21-9-15(7-12)19(14)3/h4-5,12,14-15H,6-9H2,1-3H3. The molecule has 0 N–H and O–H groups in total. The maximum atomic E-state index is 13.4. The van der Waals surface area contributed by atoms with Crippen molar-refractivity contribution in [3.05, 3.63) is 34.6 Å². The van der Waals surface area contributed by atoms with E-state index in [9.17, 15) is 9.18 Å². The number of morpholine rings is 1. The van der Waals surface area contributed by atoms with Crippen molar-refractivity contribution in [2.45, 2.75) is 38.8 Å². The van der Waals surface area contributed by atoms with E-state index in [-0.39, 0.29) is 17.5 Å². The predicted molar refractivity (Wildman–Crippen MR) is 79.1 cm³/mol. The van der Waals surface area contributed by atoms with Crippen molar-refractivity contribution in [1.29, 1.82) is 0 Å². The van der Waals surface area contributed by atoms with E-state index < -0.39 is 0 Å². The highest BCUT2D eigenvalue weighted by molar-refractivity contribution is 6.00. The molecule has 2 aliphatic rings. The number of aryl methyl sites for hydroxylation is 2. The highest BCUT2D eigenvalue weighted by atomic mass is 19.1. The lowest BCUT2D eigenvalue weighted by Crippen LogP contribution is -2.55. The molecule has 0 spiro atoms. The predicted octanol–water partition coefficient (Wildman–Crippen LogP) is 2.73. The van der Waals surface area contributed by atoms with Crippen LogP contribution < -0.4 is 0 Å². The van der Waals surface area contributed by atoms with Gasteiger partial charge in [-0.05, 0) is 57.0 Å². The quantitative estimate of drug-likeness (QED) is 0.785. The number of hydrogen-bond donors (Lipinski definition) is 0. The van der Waals surface area contributed by atoms with E-state index in [1.165, 1.54) is 12.1 Å². The van der Waals surface area contributed by atoms with Crippen molar-refractivity contribution in [2.75, 3.05) is 20.3 Å². The van der Waals surface area contributed by atoms with Crippen LogP contribution in [0.3, 0.4) is 0 Å². The van der Waals surface area contributed by atoms with E-state index in [4.69, 9.17) is 4.74 Å². The Balaban J connectivity index is 1.86. The third kappa shape index (κ3) is 2.62. The van der Waals surface area contributed by atoms with Gasteiger partial charge in [0, 0.05) is 23.6 Å². The molecule has 4 heteroatoms. The van der Waals surface area contributed by atoms with Gasteiger partial charge in [-0.3, -0.25) is 9.69 Å². The summed E-state index contributed by atoms with van der Waals surface area (Å²) in [6, 6.07) is 3.57. The summed E-state index contributed by atoms with van der Waals surface area (Å²) in [5, 5.41) is 0. The third-order valence-electron chi connectivity index (χ3n) is 5.00. The molecule has 2 heterocycles. The van der Waals surface area contributed by atoms with Crippen molar-refractivity contribution in [1.82, 2.24) is 4.90 Å². The van der Waals surface area contributed by atoms with Gasteiger partial charge >= 0.3 is 0 Å². The zero-order chi connectivity index (χ0) is 15.1. The Morgan fingerprint density at radius 1 is 1.19 bits per heavy atom. The third-order valence-corrected chi connectivity index (χ3v) is 5.00. The Bertz CT molecular complexity index is 535. The number of Topliss-reactive ketones (excluding diaryl/α,β-unsaturated/α-hetero) is 1. The highest BCUT2D eigenvalue weighted by Crippen LogP contribution is 2.33. The Morgan fingerprint density at radius 2 is 1.71 bits per heavy atom. The van der Waals surface area contributed by atoms with E-state index in [0.717, 1.165) is 24.0 Å². The molecule has 114 valence electrons. The first-order valence-corrected chi connectivity index (χ1v) is 7.58. The molecular formula is C17H22FNO2. The van der Waals surface area contributed by atoms with Crippen molar-refractivity contribution in [3.8, 4) is 0 Å². The molecule has 3 nitrogen and oxygen atoms in total. The van der Waals surface area contributed by atoms with Gasteiger partial charge in [-0.15, -0.1) is 0 Å². The number of piperidine rings is 1. The number of fused-ring (bicyclic) bond motifs is 2. The lowest BCUT2D eigenvalue weighted by atomic mass is 9.79. The number of rotatable bonds is 2. The van der Waals surface area contributed by atoms with E-state index in [1.807, 2.05) is 13.8 Å². The molecule has 0 radical (unpaired) electrons. The van der Waals surface area contributed by atoms with Gasteiger partial charge in [0.15, 0.2) is 5.78 Å². The average molecular weight is 291 g/mol. The molecular weight excluding hydrogens is 269 g/mol. The maximum absolute atomic E-state index is 13.4. The number of carbonyl (C=O) groups excluding carboxylic acids is 1. The van der Waals surface area contributed by atoms with Gasteiger partial charge in [0.25, 0.3) is 0 Å². The van der Waals surface area contributed by atoms with Crippen LogP contribution in [0.1, 0.15) is 34.3 Å². The van der Waals surface area contributed by atoms with Crippen LogP contribution in [-0.4, -0.2) is 43.0 Å². The fraction of sp³-hybridized carbons (Fsp3) is 0.588. The Hall–Kier alpha value is -1.26. The number of likely N-dealkylation sites (N-methyl/N-ethyl adjacent to an activating group) is 1. The molecule has 2 aliphatic heterocycles. The minimum Gasteiger partial charge on any atom is -0.378 e. The second-order valence-corrected chi connectivity index (χ2v) is 6.46. The molecule has 21 heavy (non-hydrogen) atoms. The molecule has 3 rings (SSSR count). The average Bonchev–Trinajstić information content (AvgIpc) is 2.36. The lowest BCUT2D eigenvalue weighted by Gasteiger charge is -2.46. The minimum atomic E-state index is -0.268. The molecule has 0 saturated carbocycles. The molecule has 0 amide bonds. The fourth-order valence-corrected chi connectivity index (χ4v) is 3.81. The van der Waals surface area contributed by atoms with Gasteiger partial charge in [0.1, 0.15) is 5.82 Å². The van der Waals surface area contributed by atoms with Crippen molar-refractivity contribution < 1.29 is 13.9 Å². The Kier molecular flexibility index (Phi) is 3.84. The highest BCUT2D eigenvalue weighted by Gasteiger charge is 2.40. The van der Waals surface area contributed by atoms with Gasteiger partial charge in [0.05, 0.1) is 13.2 Å². The summed E-state index contributed by atoms with van der Waals surface area (Å²) >= 11 is 0. The van der Waals surface area contributed by atoms with Crippen molar-refractivity contribution >= 4 is 5.78 Å². The molecule has 1 aromatic rings. The van der Waals surface area contributed by atoms with E-state index >= 15 is 0 Å². The zero-order valence-corrected chi connectivity index (χ0v) is 12.9. The summed E-state index contributed by atoms with van der Waals surface area (Å²) in [6.07, 6.45) is 1.67. The minimum absolute atomic E-state index is 0.0305. The largest absolute Gasteiger partial charge is 0.378 e. The van der Waals surface area contributed by atoms with Crippen molar-refractivity contribution in [2.24, 2.45) is 5.92 Å². The van der Waals surface area contributed by atoms with Crippen LogP contribution in [0, 0.1) is 25.6 Å². The SMILES string of the molecule is Cc1cc(F)cc(C)c1C(=O)C1CC2COCC(C1)N2C. The zero-order valence-electron chi connectivity index (χ0n) is 12.9. The fourth-order valence-electron chi connectivity index (χ4n) is 3.81. The number of ether oxygens (including phenoxy) is 1. The molecule has 0 aromatic heterocycles. The summed E-state index contributed by atoms with van der Waals surface area (Å²) in [5.74, 6) is -0.0619. The number of carbonyl (C=O) groups is 1. The number of halogens is 1. The molecule has 1 aromatic carbocycles. The van der Waals surface area contributed by atoms with Crippen LogP contribution in [0.5, 0.6) is 0 Å². The van der Waals surface area contributed by atoms with Gasteiger partial charge in [0.2, 0.25) is 0 Å². The normalized spacial score (nSPS) is 29.4. The monoisotopic (exact) mass is 291 g/mol. The summed E-state index contributed by atoms with van der Waals surface area (Å²) in [6.45, 7) is 5.06. The summed E-state index contributed by atoms with van der Waals surface area (Å²) < 4.78 is 19.0. The summed E-state index contributed by atoms with van der Waals surface area (Å²) in [4.78, 5) is 15.3. The molecule has 2 fully saturated rings. The molecule has 2 saturated heterocycles. The smallest absolute Gasteiger partial charge is 0.166 e. The van der Waals surface area contributed by atoms with Crippen LogP contribution in [-0.2, 0) is 4.74 Å². The van der Waals surface area contributed by atoms with Crippen LogP contribution in [0.25, 0.3) is 0 Å². The van der Waals surface area contributed by atoms with Crippen LogP contribution >= 0.6 is 0 Å². The lowest BCUT2D eigenvalue weighted by molar-refractivity contribution is -0.0702. The Morgan fingerprint density at radius 3 is 2.24 bits per heavy atom. The summed E-state index contributed by atoms with van der Waals surface area (Å²) in [7, 11) is 2.12. The second-order valence-electron chi connectivity index (χ2n) is 6.46. The van der Waals surface area contributed by atoms with E-state index in [2.05, 4.69) is 11.9 Å². The van der Waals surface area contributed by atoms with Gasteiger partial charge in [-0.2, -0.15) is 0 Å². The van der Waals surface area contributed by atoms with Gasteiger partial charge in [-0.1, -0.05) is 0 Å². The molecule has 2 unspecified atom stereocenters. The molecule has 2 atom stereocenters. The maximum Gasteiger partial charge on any atom is 0.166 e. The van der Waals surface area contributed by atoms with Crippen LogP contribution in [0.2, 0.25) is 0 Å². The first-order chi connectivity index (χ1) is 9.97. The number of hydrogen-bond acceptors (Lipinski definition) is 3. The number of ketones is 1. The summed E-state index contributed by atoms with van der Waals surface area (Å²) in [5.41, 5.74) is 2.21. The van der Waals surface area contributed by atoms with Crippen LogP contribution in [0.15, 0.2) is 12.1 Å². The van der Waals surface area contributed by atoms with Gasteiger partial charge in [-0.25, -0.2) is 4.39 Å². The Labute approximate surface area is 125 Å².